The van der Waals surface area contributed by atoms with E-state index in [0.717, 1.165) is 55.7 Å². The minimum absolute atomic E-state index is 0.0606. The summed E-state index contributed by atoms with van der Waals surface area (Å²) in [6.45, 7) is 7.64. The summed E-state index contributed by atoms with van der Waals surface area (Å²) in [5, 5.41) is 2.89. The number of imidazole rings is 1. The quantitative estimate of drug-likeness (QED) is 0.344. The maximum absolute atomic E-state index is 11.5. The Morgan fingerprint density at radius 1 is 1.03 bits per heavy atom. The van der Waals surface area contributed by atoms with Crippen molar-refractivity contribution in [1.29, 1.82) is 0 Å². The Balaban J connectivity index is 1.50. The molecule has 0 aliphatic rings. The number of fused-ring (bicyclic) bond motifs is 1. The molecule has 0 bridgehead atoms. The molecule has 1 aromatic heterocycles. The molecule has 1 heterocycles. The minimum Gasteiger partial charge on any atom is -0.494 e. The normalized spacial score (nSPS) is 10.8. The first-order chi connectivity index (χ1) is 14.6. The van der Waals surface area contributed by atoms with E-state index in [1.165, 1.54) is 5.52 Å². The summed E-state index contributed by atoms with van der Waals surface area (Å²) in [6, 6.07) is 18.2. The van der Waals surface area contributed by atoms with Gasteiger partial charge in [0.2, 0.25) is 5.91 Å². The average molecular weight is 406 g/mol. The Morgan fingerprint density at radius 2 is 1.80 bits per heavy atom. The maximum atomic E-state index is 11.5. The summed E-state index contributed by atoms with van der Waals surface area (Å²) in [6.07, 6.45) is 4.92. The van der Waals surface area contributed by atoms with E-state index in [-0.39, 0.29) is 5.91 Å². The molecular formula is C25H31N3O2. The molecule has 0 fully saturated rings. The van der Waals surface area contributed by atoms with Gasteiger partial charge in [-0.2, -0.15) is 0 Å². The van der Waals surface area contributed by atoms with Gasteiger partial charge in [0.15, 0.2) is 0 Å². The lowest BCUT2D eigenvalue weighted by Crippen LogP contribution is -2.24. The van der Waals surface area contributed by atoms with Gasteiger partial charge in [-0.05, 0) is 50.5 Å². The van der Waals surface area contributed by atoms with E-state index in [9.17, 15) is 4.79 Å². The molecule has 5 nitrogen and oxygen atoms in total. The zero-order chi connectivity index (χ0) is 21.2. The van der Waals surface area contributed by atoms with Crippen LogP contribution in [0.2, 0.25) is 0 Å². The number of rotatable bonds is 12. The van der Waals surface area contributed by atoms with Crippen molar-refractivity contribution in [3.8, 4) is 5.75 Å². The van der Waals surface area contributed by atoms with E-state index >= 15 is 0 Å². The molecule has 0 spiro atoms. The van der Waals surface area contributed by atoms with Gasteiger partial charge in [-0.1, -0.05) is 43.3 Å². The standard InChI is InChI=1S/C25H31N3O2/c1-20(2)25(29)26-17-10-4-7-16-24-27-22-14-8-9-15-23(22)28(24)18-11-19-30-21-12-5-3-6-13-21/h3,5-6,8-9,12-15H,1,4,7,10-11,16-19H2,2H3,(H,26,29). The first-order valence-corrected chi connectivity index (χ1v) is 10.7. The van der Waals surface area contributed by atoms with Gasteiger partial charge < -0.3 is 14.6 Å². The number of benzene rings is 2. The summed E-state index contributed by atoms with van der Waals surface area (Å²) in [5.74, 6) is 1.98. The van der Waals surface area contributed by atoms with Crippen LogP contribution in [-0.4, -0.2) is 28.6 Å². The largest absolute Gasteiger partial charge is 0.494 e. The molecule has 0 aliphatic heterocycles. The number of hydrogen-bond acceptors (Lipinski definition) is 3. The van der Waals surface area contributed by atoms with Crippen molar-refractivity contribution >= 4 is 16.9 Å². The number of nitrogens with one attached hydrogen (secondary N) is 1. The Morgan fingerprint density at radius 3 is 2.60 bits per heavy atom. The zero-order valence-corrected chi connectivity index (χ0v) is 17.8. The maximum Gasteiger partial charge on any atom is 0.246 e. The lowest BCUT2D eigenvalue weighted by molar-refractivity contribution is -0.117. The van der Waals surface area contributed by atoms with Crippen LogP contribution in [0.5, 0.6) is 5.75 Å². The summed E-state index contributed by atoms with van der Waals surface area (Å²) >= 11 is 0. The molecule has 0 saturated heterocycles. The van der Waals surface area contributed by atoms with Crippen molar-refractivity contribution in [3.05, 3.63) is 72.6 Å². The first-order valence-electron chi connectivity index (χ1n) is 10.7. The fourth-order valence-electron chi connectivity index (χ4n) is 3.43. The molecular weight excluding hydrogens is 374 g/mol. The highest BCUT2D eigenvalue weighted by atomic mass is 16.5. The SMILES string of the molecule is C=C(C)C(=O)NCCCCCc1nc2ccccc2n1CCCOc1ccccc1. The molecule has 2 aromatic carbocycles. The number of para-hydroxylation sites is 3. The minimum atomic E-state index is -0.0606. The van der Waals surface area contributed by atoms with Gasteiger partial charge in [0.25, 0.3) is 0 Å². The lowest BCUT2D eigenvalue weighted by Gasteiger charge is -2.11. The topological polar surface area (TPSA) is 56.2 Å². The Labute approximate surface area is 178 Å². The molecule has 1 N–H and O–H groups in total. The number of aryl methyl sites for hydroxylation is 2. The highest BCUT2D eigenvalue weighted by Gasteiger charge is 2.10. The number of ether oxygens (including phenoxy) is 1. The van der Waals surface area contributed by atoms with Crippen molar-refractivity contribution < 1.29 is 9.53 Å². The van der Waals surface area contributed by atoms with Crippen molar-refractivity contribution in [2.24, 2.45) is 0 Å². The molecule has 158 valence electrons. The second kappa shape index (κ2) is 11.2. The van der Waals surface area contributed by atoms with E-state index in [1.807, 2.05) is 36.4 Å². The highest BCUT2D eigenvalue weighted by molar-refractivity contribution is 5.92. The van der Waals surface area contributed by atoms with Crippen LogP contribution in [0, 0.1) is 0 Å². The second-order valence-electron chi connectivity index (χ2n) is 7.53. The molecule has 5 heteroatoms. The van der Waals surface area contributed by atoms with Crippen molar-refractivity contribution in [2.45, 2.75) is 45.6 Å². The van der Waals surface area contributed by atoms with Crippen LogP contribution in [-0.2, 0) is 17.8 Å². The number of unbranched alkanes of at least 4 members (excludes halogenated alkanes) is 2. The van der Waals surface area contributed by atoms with Crippen LogP contribution in [0.1, 0.15) is 38.4 Å². The van der Waals surface area contributed by atoms with Crippen LogP contribution < -0.4 is 10.1 Å². The number of amides is 1. The molecule has 30 heavy (non-hydrogen) atoms. The molecule has 0 unspecified atom stereocenters. The van der Waals surface area contributed by atoms with Crippen molar-refractivity contribution in [2.75, 3.05) is 13.2 Å². The van der Waals surface area contributed by atoms with Crippen LogP contribution in [0.25, 0.3) is 11.0 Å². The Bertz CT molecular complexity index is 963. The number of carbonyl (C=O) groups excluding carboxylic acids is 1. The third-order valence-electron chi connectivity index (χ3n) is 5.02. The van der Waals surface area contributed by atoms with Gasteiger partial charge in [0.1, 0.15) is 11.6 Å². The van der Waals surface area contributed by atoms with Gasteiger partial charge in [-0.3, -0.25) is 4.79 Å². The third kappa shape index (κ3) is 6.21. The predicted octanol–water partition coefficient (Wildman–Crippen LogP) is 4.91. The molecule has 0 atom stereocenters. The van der Waals surface area contributed by atoms with Crippen molar-refractivity contribution in [1.82, 2.24) is 14.9 Å². The Hall–Kier alpha value is -3.08. The lowest BCUT2D eigenvalue weighted by atomic mass is 10.2. The van der Waals surface area contributed by atoms with Crippen molar-refractivity contribution in [3.63, 3.8) is 0 Å². The summed E-state index contributed by atoms with van der Waals surface area (Å²) in [5.41, 5.74) is 2.78. The van der Waals surface area contributed by atoms with Crippen LogP contribution in [0.3, 0.4) is 0 Å². The average Bonchev–Trinajstić information content (AvgIpc) is 3.11. The van der Waals surface area contributed by atoms with E-state index in [1.54, 1.807) is 6.92 Å². The van der Waals surface area contributed by atoms with E-state index in [4.69, 9.17) is 9.72 Å². The van der Waals surface area contributed by atoms with Gasteiger partial charge in [0.05, 0.1) is 17.6 Å². The fraction of sp³-hybridized carbons (Fsp3) is 0.360. The number of aromatic nitrogens is 2. The molecule has 3 aromatic rings. The fourth-order valence-corrected chi connectivity index (χ4v) is 3.43. The molecule has 0 aliphatic carbocycles. The highest BCUT2D eigenvalue weighted by Crippen LogP contribution is 2.19. The number of nitrogens with zero attached hydrogens (tertiary/aromatic N) is 2. The molecule has 3 rings (SSSR count). The van der Waals surface area contributed by atoms with Gasteiger partial charge in [-0.25, -0.2) is 4.98 Å². The van der Waals surface area contributed by atoms with Gasteiger partial charge in [0, 0.05) is 25.1 Å². The van der Waals surface area contributed by atoms with E-state index < -0.39 is 0 Å². The third-order valence-corrected chi connectivity index (χ3v) is 5.02. The zero-order valence-electron chi connectivity index (χ0n) is 17.8. The van der Waals surface area contributed by atoms with E-state index in [0.29, 0.717) is 18.7 Å². The van der Waals surface area contributed by atoms with Crippen LogP contribution >= 0.6 is 0 Å². The summed E-state index contributed by atoms with van der Waals surface area (Å²) < 4.78 is 8.17. The second-order valence-corrected chi connectivity index (χ2v) is 7.53. The van der Waals surface area contributed by atoms with Crippen LogP contribution in [0.15, 0.2) is 66.7 Å². The monoisotopic (exact) mass is 405 g/mol. The van der Waals surface area contributed by atoms with Gasteiger partial charge in [-0.15, -0.1) is 0 Å². The number of hydrogen-bond donors (Lipinski definition) is 1. The predicted molar refractivity (Wildman–Crippen MR) is 122 cm³/mol. The van der Waals surface area contributed by atoms with E-state index in [2.05, 4.69) is 34.7 Å². The van der Waals surface area contributed by atoms with Crippen LogP contribution in [0.4, 0.5) is 0 Å². The summed E-state index contributed by atoms with van der Waals surface area (Å²) in [7, 11) is 0. The molecule has 1 amide bonds. The number of carbonyl (C=O) groups is 1. The smallest absolute Gasteiger partial charge is 0.246 e. The van der Waals surface area contributed by atoms with Gasteiger partial charge >= 0.3 is 0 Å². The Kier molecular flexibility index (Phi) is 8.07. The first kappa shape index (κ1) is 21.6. The summed E-state index contributed by atoms with van der Waals surface area (Å²) in [4.78, 5) is 16.4. The molecule has 0 radical (unpaired) electrons. The molecule has 0 saturated carbocycles.